The number of aromatic nitrogens is 3. The van der Waals surface area contributed by atoms with Crippen LogP contribution in [-0.2, 0) is 6.42 Å². The van der Waals surface area contributed by atoms with Crippen LogP contribution in [0.4, 0.5) is 0 Å². The first-order valence-electron chi connectivity index (χ1n) is 7.35. The van der Waals surface area contributed by atoms with E-state index in [4.69, 9.17) is 4.74 Å². The molecule has 0 radical (unpaired) electrons. The number of fused-ring (bicyclic) bond motifs is 1. The quantitative estimate of drug-likeness (QED) is 0.742. The van der Waals surface area contributed by atoms with Crippen molar-refractivity contribution in [1.82, 2.24) is 14.5 Å². The highest BCUT2D eigenvalue weighted by Crippen LogP contribution is 2.23. The first-order valence-corrected chi connectivity index (χ1v) is 7.35. The summed E-state index contributed by atoms with van der Waals surface area (Å²) in [7, 11) is 0. The molecule has 2 aromatic heterocycles. The highest BCUT2D eigenvalue weighted by atomic mass is 16.5. The molecule has 3 rings (SSSR count). The second kappa shape index (κ2) is 5.97. The predicted molar refractivity (Wildman–Crippen MR) is 85.7 cm³/mol. The van der Waals surface area contributed by atoms with Crippen molar-refractivity contribution in [3.05, 3.63) is 58.8 Å². The Morgan fingerprint density at radius 1 is 1.14 bits per heavy atom. The molecule has 112 valence electrons. The Morgan fingerprint density at radius 3 is 2.73 bits per heavy atom. The molecule has 5 heteroatoms. The summed E-state index contributed by atoms with van der Waals surface area (Å²) in [4.78, 5) is 21.6. The highest BCUT2D eigenvalue weighted by Gasteiger charge is 2.15. The Kier molecular flexibility index (Phi) is 3.87. The molecule has 22 heavy (non-hydrogen) atoms. The number of aryl methyl sites for hydroxylation is 1. The van der Waals surface area contributed by atoms with E-state index in [0.717, 1.165) is 0 Å². The fraction of sp³-hybridized carbons (Fsp3) is 0.235. The molecule has 0 bridgehead atoms. The smallest absolute Gasteiger partial charge is 0.267 e. The SMILES string of the molecule is CCOc1ccccc1-n1c(CC)nc2ncccc2c1=O. The van der Waals surface area contributed by atoms with Crippen LogP contribution in [-0.4, -0.2) is 21.1 Å². The Balaban J connectivity index is 2.35. The molecule has 0 aliphatic heterocycles. The van der Waals surface area contributed by atoms with Gasteiger partial charge in [0.15, 0.2) is 5.65 Å². The molecule has 0 atom stereocenters. The number of rotatable bonds is 4. The zero-order valence-electron chi connectivity index (χ0n) is 12.6. The van der Waals surface area contributed by atoms with Crippen LogP contribution in [0.5, 0.6) is 5.75 Å². The lowest BCUT2D eigenvalue weighted by Gasteiger charge is -2.15. The highest BCUT2D eigenvalue weighted by molar-refractivity contribution is 5.73. The fourth-order valence-electron chi connectivity index (χ4n) is 2.47. The Bertz CT molecular complexity index is 871. The fourth-order valence-corrected chi connectivity index (χ4v) is 2.47. The van der Waals surface area contributed by atoms with Crippen molar-refractivity contribution in [2.24, 2.45) is 0 Å². The molecule has 0 aliphatic carbocycles. The van der Waals surface area contributed by atoms with Crippen molar-refractivity contribution in [2.75, 3.05) is 6.61 Å². The molecule has 0 amide bonds. The lowest BCUT2D eigenvalue weighted by molar-refractivity contribution is 0.338. The van der Waals surface area contributed by atoms with Crippen LogP contribution in [0.2, 0.25) is 0 Å². The monoisotopic (exact) mass is 295 g/mol. The van der Waals surface area contributed by atoms with Crippen molar-refractivity contribution in [3.63, 3.8) is 0 Å². The molecule has 5 nitrogen and oxygen atoms in total. The minimum Gasteiger partial charge on any atom is -0.492 e. The summed E-state index contributed by atoms with van der Waals surface area (Å²) in [5.41, 5.74) is 1.07. The molecule has 3 aromatic rings. The van der Waals surface area contributed by atoms with Crippen molar-refractivity contribution in [2.45, 2.75) is 20.3 Å². The van der Waals surface area contributed by atoms with Crippen molar-refractivity contribution >= 4 is 11.0 Å². The van der Waals surface area contributed by atoms with Gasteiger partial charge in [-0.25, -0.2) is 9.97 Å². The van der Waals surface area contributed by atoms with E-state index in [1.165, 1.54) is 0 Å². The molecular weight excluding hydrogens is 278 g/mol. The van der Waals surface area contributed by atoms with Gasteiger partial charge in [0.1, 0.15) is 11.6 Å². The third-order valence-electron chi connectivity index (χ3n) is 3.44. The van der Waals surface area contributed by atoms with Gasteiger partial charge in [-0.05, 0) is 31.2 Å². The van der Waals surface area contributed by atoms with Crippen LogP contribution < -0.4 is 10.3 Å². The standard InChI is InChI=1S/C17H17N3O2/c1-3-15-19-16-12(8-7-11-18-16)17(21)20(15)13-9-5-6-10-14(13)22-4-2/h5-11H,3-4H2,1-2H3. The molecule has 0 spiro atoms. The van der Waals surface area contributed by atoms with E-state index in [-0.39, 0.29) is 5.56 Å². The number of hydrogen-bond acceptors (Lipinski definition) is 4. The molecule has 1 aromatic carbocycles. The van der Waals surface area contributed by atoms with Gasteiger partial charge in [-0.15, -0.1) is 0 Å². The number of pyridine rings is 1. The second-order valence-electron chi connectivity index (χ2n) is 4.80. The van der Waals surface area contributed by atoms with Gasteiger partial charge in [-0.2, -0.15) is 0 Å². The van der Waals surface area contributed by atoms with Crippen LogP contribution in [0.3, 0.4) is 0 Å². The van der Waals surface area contributed by atoms with Gasteiger partial charge in [0.05, 0.1) is 17.7 Å². The number of benzene rings is 1. The van der Waals surface area contributed by atoms with Gasteiger partial charge in [-0.3, -0.25) is 9.36 Å². The van der Waals surface area contributed by atoms with Crippen LogP contribution in [0, 0.1) is 0 Å². The summed E-state index contributed by atoms with van der Waals surface area (Å²) in [6.07, 6.45) is 2.27. The first kappa shape index (κ1) is 14.3. The summed E-state index contributed by atoms with van der Waals surface area (Å²) < 4.78 is 7.27. The maximum Gasteiger partial charge on any atom is 0.267 e. The predicted octanol–water partition coefficient (Wildman–Crippen LogP) is 2.74. The maximum atomic E-state index is 12.9. The summed E-state index contributed by atoms with van der Waals surface area (Å²) in [6.45, 7) is 4.43. The van der Waals surface area contributed by atoms with E-state index in [1.807, 2.05) is 38.1 Å². The van der Waals surface area contributed by atoms with E-state index >= 15 is 0 Å². The summed E-state index contributed by atoms with van der Waals surface area (Å²) in [6, 6.07) is 11.0. The first-order chi connectivity index (χ1) is 10.8. The third-order valence-corrected chi connectivity index (χ3v) is 3.44. The Morgan fingerprint density at radius 2 is 1.95 bits per heavy atom. The zero-order valence-corrected chi connectivity index (χ0v) is 12.6. The molecule has 0 saturated heterocycles. The van der Waals surface area contributed by atoms with Crippen molar-refractivity contribution < 1.29 is 4.74 Å². The minimum atomic E-state index is -0.123. The number of para-hydroxylation sites is 2. The molecule has 0 unspecified atom stereocenters. The van der Waals surface area contributed by atoms with Crippen LogP contribution in [0.25, 0.3) is 16.7 Å². The number of ether oxygens (including phenoxy) is 1. The molecule has 0 N–H and O–H groups in total. The average molecular weight is 295 g/mol. The largest absolute Gasteiger partial charge is 0.492 e. The number of nitrogens with zero attached hydrogens (tertiary/aromatic N) is 3. The molecule has 2 heterocycles. The van der Waals surface area contributed by atoms with Gasteiger partial charge in [0, 0.05) is 12.6 Å². The molecule has 0 aliphatic rings. The summed E-state index contributed by atoms with van der Waals surface area (Å²) >= 11 is 0. The van der Waals surface area contributed by atoms with Gasteiger partial charge in [-0.1, -0.05) is 19.1 Å². The van der Waals surface area contributed by atoms with Crippen molar-refractivity contribution in [3.8, 4) is 11.4 Å². The normalized spacial score (nSPS) is 10.8. The van der Waals surface area contributed by atoms with Crippen LogP contribution >= 0.6 is 0 Å². The number of hydrogen-bond donors (Lipinski definition) is 0. The summed E-state index contributed by atoms with van der Waals surface area (Å²) in [5, 5.41) is 0.506. The summed E-state index contributed by atoms with van der Waals surface area (Å²) in [5.74, 6) is 1.34. The average Bonchev–Trinajstić information content (AvgIpc) is 2.56. The van der Waals surface area contributed by atoms with Gasteiger partial charge in [0.25, 0.3) is 5.56 Å². The van der Waals surface area contributed by atoms with E-state index < -0.39 is 0 Å². The maximum absolute atomic E-state index is 12.9. The molecule has 0 saturated carbocycles. The topological polar surface area (TPSA) is 57.0 Å². The Labute approximate surface area is 128 Å². The Hall–Kier alpha value is -2.69. The van der Waals surface area contributed by atoms with E-state index in [1.54, 1.807) is 22.9 Å². The zero-order chi connectivity index (χ0) is 15.5. The van der Waals surface area contributed by atoms with E-state index in [2.05, 4.69) is 9.97 Å². The van der Waals surface area contributed by atoms with Crippen LogP contribution in [0.15, 0.2) is 47.4 Å². The molecule has 0 fully saturated rings. The molecular formula is C17H17N3O2. The van der Waals surface area contributed by atoms with Gasteiger partial charge >= 0.3 is 0 Å². The van der Waals surface area contributed by atoms with Gasteiger partial charge < -0.3 is 4.74 Å². The lowest BCUT2D eigenvalue weighted by Crippen LogP contribution is -2.24. The van der Waals surface area contributed by atoms with Gasteiger partial charge in [0.2, 0.25) is 0 Å². The van der Waals surface area contributed by atoms with E-state index in [9.17, 15) is 4.79 Å². The minimum absolute atomic E-state index is 0.123. The third kappa shape index (κ3) is 2.35. The second-order valence-corrected chi connectivity index (χ2v) is 4.80. The lowest BCUT2D eigenvalue weighted by atomic mass is 10.2. The van der Waals surface area contributed by atoms with Crippen molar-refractivity contribution in [1.29, 1.82) is 0 Å². The van der Waals surface area contributed by atoms with Crippen LogP contribution in [0.1, 0.15) is 19.7 Å². The van der Waals surface area contributed by atoms with E-state index in [0.29, 0.717) is 41.3 Å².